The van der Waals surface area contributed by atoms with Gasteiger partial charge in [-0.3, -0.25) is 0 Å². The minimum atomic E-state index is 0.787. The molecule has 1 unspecified atom stereocenters. The molecular formula is C15H31N3. The maximum atomic E-state index is 3.42. The first-order valence-electron chi connectivity index (χ1n) is 7.71. The molecule has 0 aromatic carbocycles. The fraction of sp³-hybridized carbons (Fsp3) is 1.00. The fourth-order valence-corrected chi connectivity index (χ4v) is 3.77. The van der Waals surface area contributed by atoms with Crippen molar-refractivity contribution in [1.82, 2.24) is 15.1 Å². The molecule has 1 aliphatic heterocycles. The Morgan fingerprint density at radius 3 is 2.28 bits per heavy atom. The molecule has 0 aromatic rings. The maximum absolute atomic E-state index is 3.42. The van der Waals surface area contributed by atoms with E-state index in [1.54, 1.807) is 0 Å². The van der Waals surface area contributed by atoms with E-state index in [2.05, 4.69) is 36.3 Å². The summed E-state index contributed by atoms with van der Waals surface area (Å²) in [6, 6.07) is 0.787. The molecule has 18 heavy (non-hydrogen) atoms. The second-order valence-corrected chi connectivity index (χ2v) is 6.64. The Bertz CT molecular complexity index is 236. The highest BCUT2D eigenvalue weighted by Gasteiger charge is 2.24. The van der Waals surface area contributed by atoms with Crippen LogP contribution in [0.3, 0.4) is 0 Å². The topological polar surface area (TPSA) is 18.5 Å². The van der Waals surface area contributed by atoms with Gasteiger partial charge in [-0.15, -0.1) is 0 Å². The van der Waals surface area contributed by atoms with E-state index in [9.17, 15) is 0 Å². The van der Waals surface area contributed by atoms with E-state index in [1.165, 1.54) is 58.3 Å². The van der Waals surface area contributed by atoms with Crippen molar-refractivity contribution in [2.45, 2.75) is 38.1 Å². The van der Waals surface area contributed by atoms with E-state index >= 15 is 0 Å². The van der Waals surface area contributed by atoms with Gasteiger partial charge >= 0.3 is 0 Å². The van der Waals surface area contributed by atoms with E-state index in [1.807, 2.05) is 0 Å². The molecule has 2 aliphatic rings. The van der Waals surface area contributed by atoms with Crippen LogP contribution >= 0.6 is 0 Å². The number of nitrogens with one attached hydrogen (secondary N) is 1. The van der Waals surface area contributed by atoms with Crippen molar-refractivity contribution in [3.63, 3.8) is 0 Å². The molecule has 0 bridgehead atoms. The van der Waals surface area contributed by atoms with Gasteiger partial charge in [0.2, 0.25) is 0 Å². The van der Waals surface area contributed by atoms with Crippen LogP contribution in [0.5, 0.6) is 0 Å². The summed E-state index contributed by atoms with van der Waals surface area (Å²) in [6.07, 6.45) is 6.98. The zero-order chi connectivity index (χ0) is 13.0. The highest BCUT2D eigenvalue weighted by atomic mass is 15.1. The van der Waals surface area contributed by atoms with Crippen molar-refractivity contribution >= 4 is 0 Å². The summed E-state index contributed by atoms with van der Waals surface area (Å²) in [4.78, 5) is 5.06. The lowest BCUT2D eigenvalue weighted by atomic mass is 9.85. The van der Waals surface area contributed by atoms with E-state index < -0.39 is 0 Å². The predicted molar refractivity (Wildman–Crippen MR) is 77.9 cm³/mol. The zero-order valence-corrected chi connectivity index (χ0v) is 12.5. The smallest absolute Gasteiger partial charge is 0.00642 e. The number of hydrogen-bond acceptors (Lipinski definition) is 3. The third kappa shape index (κ3) is 4.22. The third-order valence-corrected chi connectivity index (χ3v) is 4.88. The number of rotatable bonds is 5. The van der Waals surface area contributed by atoms with Gasteiger partial charge < -0.3 is 15.1 Å². The van der Waals surface area contributed by atoms with Crippen LogP contribution in [-0.2, 0) is 0 Å². The van der Waals surface area contributed by atoms with Crippen LogP contribution < -0.4 is 5.32 Å². The lowest BCUT2D eigenvalue weighted by molar-refractivity contribution is 0.196. The zero-order valence-electron chi connectivity index (χ0n) is 12.5. The summed E-state index contributed by atoms with van der Waals surface area (Å²) in [5, 5.41) is 3.42. The van der Waals surface area contributed by atoms with E-state index in [0.717, 1.165) is 17.9 Å². The standard InChI is InChI=1S/C15H31N3/c1-16-15-6-4-13(5-7-15)10-18(3)12-14-8-9-17(2)11-14/h13-16H,4-12H2,1-3H3. The van der Waals surface area contributed by atoms with Gasteiger partial charge in [0.05, 0.1) is 0 Å². The van der Waals surface area contributed by atoms with Crippen LogP contribution in [-0.4, -0.2) is 63.2 Å². The highest BCUT2D eigenvalue weighted by Crippen LogP contribution is 2.25. The Hall–Kier alpha value is -0.120. The molecular weight excluding hydrogens is 222 g/mol. The molecule has 0 aromatic heterocycles. The van der Waals surface area contributed by atoms with Gasteiger partial charge in [0, 0.05) is 25.7 Å². The molecule has 1 aliphatic carbocycles. The lowest BCUT2D eigenvalue weighted by Gasteiger charge is -2.32. The van der Waals surface area contributed by atoms with Crippen LogP contribution in [0, 0.1) is 11.8 Å². The average Bonchev–Trinajstić information content (AvgIpc) is 2.75. The van der Waals surface area contributed by atoms with E-state index in [0.29, 0.717) is 0 Å². The Morgan fingerprint density at radius 2 is 1.72 bits per heavy atom. The summed E-state index contributed by atoms with van der Waals surface area (Å²) in [7, 11) is 6.68. The largest absolute Gasteiger partial charge is 0.317 e. The molecule has 1 saturated heterocycles. The van der Waals surface area contributed by atoms with Gasteiger partial charge in [0.25, 0.3) is 0 Å². The monoisotopic (exact) mass is 253 g/mol. The van der Waals surface area contributed by atoms with Gasteiger partial charge in [0.15, 0.2) is 0 Å². The molecule has 2 fully saturated rings. The Labute approximate surface area is 113 Å². The van der Waals surface area contributed by atoms with Crippen molar-refractivity contribution in [2.24, 2.45) is 11.8 Å². The molecule has 1 N–H and O–H groups in total. The second kappa shape index (κ2) is 6.88. The normalized spacial score (nSPS) is 34.3. The van der Waals surface area contributed by atoms with Crippen molar-refractivity contribution in [1.29, 1.82) is 0 Å². The summed E-state index contributed by atoms with van der Waals surface area (Å²) in [5.41, 5.74) is 0. The molecule has 0 spiro atoms. The molecule has 1 heterocycles. The van der Waals surface area contributed by atoms with Gasteiger partial charge in [-0.2, -0.15) is 0 Å². The van der Waals surface area contributed by atoms with Crippen LogP contribution in [0.2, 0.25) is 0 Å². The molecule has 0 radical (unpaired) electrons. The summed E-state index contributed by atoms with van der Waals surface area (Å²) in [5.74, 6) is 1.85. The van der Waals surface area contributed by atoms with Crippen LogP contribution in [0.4, 0.5) is 0 Å². The van der Waals surface area contributed by atoms with Gasteiger partial charge in [-0.1, -0.05) is 0 Å². The second-order valence-electron chi connectivity index (χ2n) is 6.64. The number of hydrogen-bond donors (Lipinski definition) is 1. The fourth-order valence-electron chi connectivity index (χ4n) is 3.77. The van der Waals surface area contributed by atoms with Crippen LogP contribution in [0.15, 0.2) is 0 Å². The van der Waals surface area contributed by atoms with Gasteiger partial charge in [-0.05, 0) is 71.6 Å². The summed E-state index contributed by atoms with van der Waals surface area (Å²) >= 11 is 0. The molecule has 2 rings (SSSR count). The lowest BCUT2D eigenvalue weighted by Crippen LogP contribution is -2.36. The molecule has 1 saturated carbocycles. The molecule has 3 heteroatoms. The maximum Gasteiger partial charge on any atom is 0.00642 e. The number of likely N-dealkylation sites (tertiary alicyclic amines) is 1. The highest BCUT2D eigenvalue weighted by molar-refractivity contribution is 4.80. The molecule has 106 valence electrons. The van der Waals surface area contributed by atoms with Gasteiger partial charge in [-0.25, -0.2) is 0 Å². The third-order valence-electron chi connectivity index (χ3n) is 4.88. The average molecular weight is 253 g/mol. The van der Waals surface area contributed by atoms with Crippen molar-refractivity contribution in [3.8, 4) is 0 Å². The van der Waals surface area contributed by atoms with Crippen molar-refractivity contribution < 1.29 is 0 Å². The first-order chi connectivity index (χ1) is 8.67. The SMILES string of the molecule is CNC1CCC(CN(C)CC2CCN(C)C2)CC1. The van der Waals surface area contributed by atoms with Gasteiger partial charge in [0.1, 0.15) is 0 Å². The quantitative estimate of drug-likeness (QED) is 0.804. The Kier molecular flexibility index (Phi) is 5.46. The number of nitrogens with zero attached hydrogens (tertiary/aromatic N) is 2. The minimum Gasteiger partial charge on any atom is -0.317 e. The molecule has 0 amide bonds. The minimum absolute atomic E-state index is 0.787. The van der Waals surface area contributed by atoms with E-state index in [4.69, 9.17) is 0 Å². The van der Waals surface area contributed by atoms with Crippen LogP contribution in [0.1, 0.15) is 32.1 Å². The Balaban J connectivity index is 1.64. The first-order valence-corrected chi connectivity index (χ1v) is 7.71. The first kappa shape index (κ1) is 14.3. The predicted octanol–water partition coefficient (Wildman–Crippen LogP) is 1.65. The van der Waals surface area contributed by atoms with Crippen LogP contribution in [0.25, 0.3) is 0 Å². The summed E-state index contributed by atoms with van der Waals surface area (Å²) in [6.45, 7) is 5.22. The summed E-state index contributed by atoms with van der Waals surface area (Å²) < 4.78 is 0. The Morgan fingerprint density at radius 1 is 1.06 bits per heavy atom. The van der Waals surface area contributed by atoms with Crippen molar-refractivity contribution in [3.05, 3.63) is 0 Å². The van der Waals surface area contributed by atoms with E-state index in [-0.39, 0.29) is 0 Å². The van der Waals surface area contributed by atoms with Crippen molar-refractivity contribution in [2.75, 3.05) is 47.3 Å². The molecule has 3 nitrogen and oxygen atoms in total. The molecule has 1 atom stereocenters.